The number of ether oxygens (including phenoxy) is 2. The Balaban J connectivity index is 1.53. The fourth-order valence-corrected chi connectivity index (χ4v) is 3.68. The number of anilines is 2. The number of fused-ring (bicyclic) bond motifs is 7. The molecule has 2 aromatic heterocycles. The number of amides is 1. The number of hydrogen-bond acceptors (Lipinski definition) is 6. The second-order valence-electron chi connectivity index (χ2n) is 7.25. The molecule has 6 bridgehead atoms. The molecule has 1 aliphatic carbocycles. The predicted octanol–water partition coefficient (Wildman–Crippen LogP) is 3.47. The lowest BCUT2D eigenvalue weighted by Gasteiger charge is -2.16. The number of hydrogen-bond donors (Lipinski definition) is 3. The standard InChI is InChI=1S/C19H25N5O3/c1-12-3-2-7-21-19(25)27-15-5-4-13(9-15)16-11-17(24-23-16)22-14-6-8-20-18(10-14)26-12/h6,8,10-13,15H,2-5,7,9H2,1H3,(H,21,25)(H2,22,23,24)/t12-,13+,15?/m1/s1. The lowest BCUT2D eigenvalue weighted by molar-refractivity contribution is 0.0996. The summed E-state index contributed by atoms with van der Waals surface area (Å²) in [5.74, 6) is 1.63. The van der Waals surface area contributed by atoms with Gasteiger partial charge in [-0.2, -0.15) is 5.10 Å². The normalized spacial score (nSPS) is 26.0. The molecule has 0 spiro atoms. The molecule has 0 radical (unpaired) electrons. The molecule has 2 aliphatic rings. The largest absolute Gasteiger partial charge is 0.475 e. The van der Waals surface area contributed by atoms with Crippen LogP contribution in [-0.2, 0) is 4.74 Å². The van der Waals surface area contributed by atoms with Gasteiger partial charge in [0.1, 0.15) is 6.10 Å². The summed E-state index contributed by atoms with van der Waals surface area (Å²) in [6, 6.07) is 5.77. The van der Waals surface area contributed by atoms with Crippen LogP contribution in [0.4, 0.5) is 16.3 Å². The van der Waals surface area contributed by atoms with Crippen LogP contribution in [0, 0.1) is 0 Å². The Morgan fingerprint density at radius 2 is 2.11 bits per heavy atom. The van der Waals surface area contributed by atoms with E-state index in [1.807, 2.05) is 25.1 Å². The van der Waals surface area contributed by atoms with Gasteiger partial charge in [-0.1, -0.05) is 0 Å². The predicted molar refractivity (Wildman–Crippen MR) is 100 cm³/mol. The Morgan fingerprint density at radius 1 is 1.19 bits per heavy atom. The maximum atomic E-state index is 12.0. The van der Waals surface area contributed by atoms with E-state index >= 15 is 0 Å². The zero-order valence-corrected chi connectivity index (χ0v) is 15.4. The molecule has 8 heteroatoms. The van der Waals surface area contributed by atoms with Crippen molar-refractivity contribution in [3.63, 3.8) is 0 Å². The number of aromatic amines is 1. The first-order chi connectivity index (χ1) is 13.2. The monoisotopic (exact) mass is 371 g/mol. The van der Waals surface area contributed by atoms with Crippen LogP contribution in [0.2, 0.25) is 0 Å². The Kier molecular flexibility index (Phi) is 5.13. The van der Waals surface area contributed by atoms with E-state index in [-0.39, 0.29) is 18.3 Å². The highest BCUT2D eigenvalue weighted by Gasteiger charge is 2.30. The van der Waals surface area contributed by atoms with Crippen LogP contribution in [0.1, 0.15) is 50.6 Å². The van der Waals surface area contributed by atoms with Gasteiger partial charge in [0, 0.05) is 42.2 Å². The maximum Gasteiger partial charge on any atom is 0.407 e. The van der Waals surface area contributed by atoms with E-state index in [4.69, 9.17) is 9.47 Å². The van der Waals surface area contributed by atoms with Gasteiger partial charge in [-0.05, 0) is 45.1 Å². The zero-order valence-electron chi connectivity index (χ0n) is 15.4. The third-order valence-electron chi connectivity index (χ3n) is 5.08. The molecule has 1 aliphatic heterocycles. The van der Waals surface area contributed by atoms with Crippen LogP contribution in [0.25, 0.3) is 0 Å². The van der Waals surface area contributed by atoms with Crippen LogP contribution >= 0.6 is 0 Å². The van der Waals surface area contributed by atoms with E-state index in [0.29, 0.717) is 18.3 Å². The molecular weight excluding hydrogens is 346 g/mol. The van der Waals surface area contributed by atoms with E-state index in [0.717, 1.165) is 49.3 Å². The first-order valence-corrected chi connectivity index (χ1v) is 9.55. The summed E-state index contributed by atoms with van der Waals surface area (Å²) in [4.78, 5) is 16.3. The topological polar surface area (TPSA) is 101 Å². The van der Waals surface area contributed by atoms with Crippen molar-refractivity contribution in [1.29, 1.82) is 0 Å². The average Bonchev–Trinajstić information content (AvgIpc) is 3.28. The summed E-state index contributed by atoms with van der Waals surface area (Å²) in [6.45, 7) is 2.57. The van der Waals surface area contributed by atoms with Crippen molar-refractivity contribution >= 4 is 17.6 Å². The number of nitrogens with one attached hydrogen (secondary N) is 3. The average molecular weight is 371 g/mol. The van der Waals surface area contributed by atoms with Gasteiger partial charge >= 0.3 is 6.09 Å². The molecule has 3 heterocycles. The quantitative estimate of drug-likeness (QED) is 0.655. The fourth-order valence-electron chi connectivity index (χ4n) is 3.68. The lowest BCUT2D eigenvalue weighted by Crippen LogP contribution is -2.29. The van der Waals surface area contributed by atoms with Gasteiger partial charge in [-0.25, -0.2) is 9.78 Å². The number of carbonyl (C=O) groups excluding carboxylic acids is 1. The Bertz CT molecular complexity index is 793. The van der Waals surface area contributed by atoms with Crippen molar-refractivity contribution < 1.29 is 14.3 Å². The van der Waals surface area contributed by atoms with E-state index < -0.39 is 0 Å². The number of pyridine rings is 1. The van der Waals surface area contributed by atoms with E-state index in [1.165, 1.54) is 0 Å². The van der Waals surface area contributed by atoms with Crippen LogP contribution in [-0.4, -0.2) is 40.0 Å². The second kappa shape index (κ2) is 7.85. The second-order valence-corrected chi connectivity index (χ2v) is 7.25. The van der Waals surface area contributed by atoms with Crippen molar-refractivity contribution in [2.75, 3.05) is 11.9 Å². The van der Waals surface area contributed by atoms with Crippen LogP contribution < -0.4 is 15.4 Å². The van der Waals surface area contributed by atoms with E-state index in [2.05, 4.69) is 25.8 Å². The molecule has 1 fully saturated rings. The molecular formula is C19H25N5O3. The summed E-state index contributed by atoms with van der Waals surface area (Å²) < 4.78 is 11.4. The Labute approximate surface area is 158 Å². The number of nitrogens with zero attached hydrogens (tertiary/aromatic N) is 2. The Morgan fingerprint density at radius 3 is 3.04 bits per heavy atom. The fraction of sp³-hybridized carbons (Fsp3) is 0.526. The molecule has 144 valence electrons. The van der Waals surface area contributed by atoms with Gasteiger partial charge in [0.15, 0.2) is 5.82 Å². The van der Waals surface area contributed by atoms with Gasteiger partial charge in [0.05, 0.1) is 6.10 Å². The molecule has 3 atom stereocenters. The molecule has 8 nitrogen and oxygen atoms in total. The maximum absolute atomic E-state index is 12.0. The summed E-state index contributed by atoms with van der Waals surface area (Å²) in [5, 5.41) is 13.6. The minimum Gasteiger partial charge on any atom is -0.475 e. The summed E-state index contributed by atoms with van der Waals surface area (Å²) in [7, 11) is 0. The zero-order chi connectivity index (χ0) is 18.6. The summed E-state index contributed by atoms with van der Waals surface area (Å²) in [5.41, 5.74) is 1.94. The molecule has 0 saturated heterocycles. The highest BCUT2D eigenvalue weighted by Crippen LogP contribution is 2.36. The first-order valence-electron chi connectivity index (χ1n) is 9.55. The third kappa shape index (κ3) is 4.50. The van der Waals surface area contributed by atoms with Gasteiger partial charge in [0.2, 0.25) is 5.88 Å². The van der Waals surface area contributed by atoms with Crippen molar-refractivity contribution in [2.45, 2.75) is 57.2 Å². The smallest absolute Gasteiger partial charge is 0.407 e. The molecule has 1 amide bonds. The number of carbonyl (C=O) groups is 1. The minimum absolute atomic E-state index is 0.00275. The molecule has 1 saturated carbocycles. The molecule has 0 aromatic carbocycles. The molecule has 4 rings (SSSR count). The highest BCUT2D eigenvalue weighted by molar-refractivity contribution is 5.67. The van der Waals surface area contributed by atoms with Crippen molar-refractivity contribution in [3.8, 4) is 5.88 Å². The lowest BCUT2D eigenvalue weighted by atomic mass is 10.0. The summed E-state index contributed by atoms with van der Waals surface area (Å²) >= 11 is 0. The van der Waals surface area contributed by atoms with E-state index in [9.17, 15) is 4.79 Å². The van der Waals surface area contributed by atoms with Crippen LogP contribution in [0.3, 0.4) is 0 Å². The summed E-state index contributed by atoms with van der Waals surface area (Å²) in [6.07, 6.45) is 5.63. The van der Waals surface area contributed by atoms with Crippen LogP contribution in [0.5, 0.6) is 5.88 Å². The van der Waals surface area contributed by atoms with Crippen molar-refractivity contribution in [2.24, 2.45) is 0 Å². The molecule has 27 heavy (non-hydrogen) atoms. The van der Waals surface area contributed by atoms with Gasteiger partial charge < -0.3 is 20.1 Å². The number of alkyl carbamates (subject to hydrolysis) is 1. The number of aromatic nitrogens is 3. The number of H-pyrrole nitrogens is 1. The highest BCUT2D eigenvalue weighted by atomic mass is 16.6. The molecule has 3 N–H and O–H groups in total. The van der Waals surface area contributed by atoms with Crippen molar-refractivity contribution in [1.82, 2.24) is 20.5 Å². The third-order valence-corrected chi connectivity index (χ3v) is 5.08. The van der Waals surface area contributed by atoms with Crippen LogP contribution in [0.15, 0.2) is 24.4 Å². The van der Waals surface area contributed by atoms with Gasteiger partial charge in [-0.15, -0.1) is 0 Å². The molecule has 1 unspecified atom stereocenters. The SMILES string of the molecule is C[C@@H]1CCCNC(=O)OC2CC[C@@H](C2)c2cc(n[nH]2)Nc2ccnc(c2)O1. The Hall–Kier alpha value is -2.77. The molecule has 2 aromatic rings. The first kappa shape index (κ1) is 17.6. The van der Waals surface area contributed by atoms with Gasteiger partial charge in [-0.3, -0.25) is 5.10 Å². The minimum atomic E-state index is -0.336. The van der Waals surface area contributed by atoms with Gasteiger partial charge in [0.25, 0.3) is 0 Å². The van der Waals surface area contributed by atoms with Crippen molar-refractivity contribution in [3.05, 3.63) is 30.1 Å². The van der Waals surface area contributed by atoms with E-state index in [1.54, 1.807) is 6.20 Å². The number of rotatable bonds is 0.